The van der Waals surface area contributed by atoms with Gasteiger partial charge in [0.1, 0.15) is 0 Å². The Kier molecular flexibility index (Phi) is 22.1. The Morgan fingerprint density at radius 3 is 1.33 bits per heavy atom. The molecular weight excluding hydrogens is 693 g/mol. The van der Waals surface area contributed by atoms with Crippen molar-refractivity contribution in [3.8, 4) is 0 Å². The summed E-state index contributed by atoms with van der Waals surface area (Å²) in [6, 6.07) is 1.47. The highest BCUT2D eigenvalue weighted by molar-refractivity contribution is 14.4. The van der Waals surface area contributed by atoms with Gasteiger partial charge in [-0.25, -0.2) is 4.79 Å². The summed E-state index contributed by atoms with van der Waals surface area (Å²) in [5.74, 6) is -0.299. The first-order valence-corrected chi connectivity index (χ1v) is 22.4. The van der Waals surface area contributed by atoms with Crippen molar-refractivity contribution in [2.45, 2.75) is 109 Å². The van der Waals surface area contributed by atoms with Crippen LogP contribution in [0.25, 0.3) is 0 Å². The van der Waals surface area contributed by atoms with Crippen LogP contribution < -0.4 is 0 Å². The molecule has 0 fully saturated rings. The highest BCUT2D eigenvalue weighted by atomic mass is 127. The molecule has 0 heterocycles. The lowest BCUT2D eigenvalue weighted by atomic mass is 10.0. The predicted molar refractivity (Wildman–Crippen MR) is 148 cm³/mol. The van der Waals surface area contributed by atoms with Crippen LogP contribution in [0.2, 0.25) is 6.04 Å². The SMILES string of the molecule is C=CC(=O)OCCCCCCCCCCCCCCCCCC[Si](I)(I)I. The minimum absolute atomic E-state index is 0.299. The molecule has 0 spiro atoms. The van der Waals surface area contributed by atoms with Gasteiger partial charge in [-0.15, -0.1) is 0 Å². The zero-order valence-electron chi connectivity index (χ0n) is 17.0. The number of carbonyl (C=O) groups excluding carboxylic acids is 1. The molecule has 0 rings (SSSR count). The molecule has 0 saturated heterocycles. The lowest BCUT2D eigenvalue weighted by molar-refractivity contribution is -0.137. The first-order valence-electron chi connectivity index (χ1n) is 10.8. The van der Waals surface area contributed by atoms with Gasteiger partial charge in [0.2, 0.25) is 0 Å². The third-order valence-corrected chi connectivity index (χ3v) is 10.5. The monoisotopic (exact) mass is 732 g/mol. The number of esters is 1. The number of unbranched alkanes of at least 4 members (excludes halogenated alkanes) is 15. The van der Waals surface area contributed by atoms with Gasteiger partial charge >= 0.3 is 5.97 Å². The van der Waals surface area contributed by atoms with Crippen LogP contribution in [0, 0.1) is 0 Å². The molecule has 27 heavy (non-hydrogen) atoms. The quantitative estimate of drug-likeness (QED) is 0.0312. The fourth-order valence-electron chi connectivity index (χ4n) is 3.13. The molecular formula is C21H39I3O2Si. The van der Waals surface area contributed by atoms with Crippen molar-refractivity contribution < 1.29 is 9.53 Å². The maximum atomic E-state index is 10.9. The summed E-state index contributed by atoms with van der Waals surface area (Å²) in [6.07, 6.45) is 23.1. The Morgan fingerprint density at radius 1 is 0.667 bits per heavy atom. The molecule has 0 atom stereocenters. The fourth-order valence-corrected chi connectivity index (χ4v) is 7.22. The van der Waals surface area contributed by atoms with Crippen LogP contribution in [0.3, 0.4) is 0 Å². The minimum Gasteiger partial charge on any atom is -0.463 e. The molecule has 0 N–H and O–H groups in total. The third kappa shape index (κ3) is 25.6. The van der Waals surface area contributed by atoms with Crippen LogP contribution >= 0.6 is 65.4 Å². The lowest BCUT2D eigenvalue weighted by Crippen LogP contribution is -2.03. The second-order valence-electron chi connectivity index (χ2n) is 7.39. The number of hydrogen-bond acceptors (Lipinski definition) is 2. The van der Waals surface area contributed by atoms with E-state index >= 15 is 0 Å². The average Bonchev–Trinajstić information content (AvgIpc) is 2.62. The molecule has 0 saturated carbocycles. The highest BCUT2D eigenvalue weighted by Gasteiger charge is 2.19. The van der Waals surface area contributed by atoms with Crippen molar-refractivity contribution in [2.75, 3.05) is 6.61 Å². The second-order valence-corrected chi connectivity index (χ2v) is 44.3. The average molecular weight is 732 g/mol. The van der Waals surface area contributed by atoms with E-state index in [9.17, 15) is 4.79 Å². The van der Waals surface area contributed by atoms with Gasteiger partial charge in [0, 0.05) is 6.08 Å². The third-order valence-electron chi connectivity index (χ3n) is 4.77. The minimum atomic E-state index is -0.882. The van der Waals surface area contributed by atoms with Crippen molar-refractivity contribution >= 4 is 71.9 Å². The van der Waals surface area contributed by atoms with Crippen LogP contribution in [0.5, 0.6) is 0 Å². The molecule has 0 unspecified atom stereocenters. The number of hydrogen-bond donors (Lipinski definition) is 0. The fraction of sp³-hybridized carbons (Fsp3) is 0.857. The molecule has 0 radical (unpaired) electrons. The van der Waals surface area contributed by atoms with Crippen LogP contribution in [0.15, 0.2) is 12.7 Å². The first-order chi connectivity index (χ1) is 13.0. The number of ether oxygens (including phenoxy) is 1. The first kappa shape index (κ1) is 28.6. The molecule has 0 aromatic heterocycles. The Morgan fingerprint density at radius 2 is 1.00 bits per heavy atom. The maximum absolute atomic E-state index is 10.9. The van der Waals surface area contributed by atoms with Gasteiger partial charge in [0.05, 0.1) is 6.61 Å². The van der Waals surface area contributed by atoms with Gasteiger partial charge in [0.15, 0.2) is 0 Å². The van der Waals surface area contributed by atoms with Crippen molar-refractivity contribution in [3.05, 3.63) is 12.7 Å². The summed E-state index contributed by atoms with van der Waals surface area (Å²) in [6.45, 7) is 3.94. The van der Waals surface area contributed by atoms with Gasteiger partial charge in [-0.05, 0) is 12.5 Å². The van der Waals surface area contributed by atoms with Crippen molar-refractivity contribution in [1.82, 2.24) is 0 Å². The van der Waals surface area contributed by atoms with Gasteiger partial charge in [-0.3, -0.25) is 0 Å². The summed E-state index contributed by atoms with van der Waals surface area (Å²) in [7, 11) is 0. The summed E-state index contributed by atoms with van der Waals surface area (Å²) in [5, 5.41) is 0. The van der Waals surface area contributed by atoms with Crippen molar-refractivity contribution in [2.24, 2.45) is 0 Å². The standard InChI is InChI=1S/C21H39I3O2Si/c1-2-21(25)26-19-17-15-13-11-9-7-5-3-4-6-8-10-12-14-16-18-20-27(22,23)24/h2H,1,3-20H2. The summed E-state index contributed by atoms with van der Waals surface area (Å²) >= 11 is 8.03. The van der Waals surface area contributed by atoms with Crippen molar-refractivity contribution in [3.63, 3.8) is 0 Å². The van der Waals surface area contributed by atoms with Gasteiger partial charge in [-0.2, -0.15) is 0 Å². The Bertz CT molecular complexity index is 360. The van der Waals surface area contributed by atoms with E-state index in [1.807, 2.05) is 0 Å². The predicted octanol–water partition coefficient (Wildman–Crippen LogP) is 9.20. The zero-order chi connectivity index (χ0) is 20.2. The molecule has 0 aliphatic carbocycles. The largest absolute Gasteiger partial charge is 0.463 e. The Hall–Kier alpha value is 1.62. The van der Waals surface area contributed by atoms with E-state index in [2.05, 4.69) is 72.0 Å². The molecule has 0 bridgehead atoms. The Balaban J connectivity index is 3.07. The number of carbonyl (C=O) groups is 1. The van der Waals surface area contributed by atoms with Crippen LogP contribution in [-0.4, -0.2) is 13.1 Å². The molecule has 0 aliphatic heterocycles. The molecule has 6 heteroatoms. The second kappa shape index (κ2) is 20.9. The molecule has 0 aromatic carbocycles. The van der Waals surface area contributed by atoms with E-state index in [1.54, 1.807) is 0 Å². The topological polar surface area (TPSA) is 26.3 Å². The molecule has 160 valence electrons. The van der Waals surface area contributed by atoms with E-state index in [1.165, 1.54) is 108 Å². The van der Waals surface area contributed by atoms with Gasteiger partial charge < -0.3 is 4.74 Å². The number of halogens is 3. The van der Waals surface area contributed by atoms with Crippen molar-refractivity contribution in [1.29, 1.82) is 0 Å². The molecule has 2 nitrogen and oxygen atoms in total. The van der Waals surface area contributed by atoms with E-state index in [0.29, 0.717) is 6.61 Å². The molecule has 0 amide bonds. The summed E-state index contributed by atoms with van der Waals surface area (Å²) in [4.78, 5) is 10.9. The summed E-state index contributed by atoms with van der Waals surface area (Å²) < 4.78 is 4.09. The number of rotatable bonds is 20. The maximum Gasteiger partial charge on any atom is 0.330 e. The zero-order valence-corrected chi connectivity index (χ0v) is 24.4. The van der Waals surface area contributed by atoms with Crippen LogP contribution in [-0.2, 0) is 9.53 Å². The van der Waals surface area contributed by atoms with Gasteiger partial charge in [-0.1, -0.05) is 168 Å². The summed E-state index contributed by atoms with van der Waals surface area (Å²) in [5.41, 5.74) is 0. The van der Waals surface area contributed by atoms with E-state index < -0.39 is 0.564 Å². The van der Waals surface area contributed by atoms with Gasteiger partial charge in [0.25, 0.3) is 0.564 Å². The molecule has 0 aliphatic rings. The molecule has 0 aromatic rings. The van der Waals surface area contributed by atoms with E-state index in [4.69, 9.17) is 4.74 Å². The van der Waals surface area contributed by atoms with E-state index in [-0.39, 0.29) is 5.97 Å². The normalized spacial score (nSPS) is 11.5. The Labute approximate surface area is 207 Å². The van der Waals surface area contributed by atoms with Crippen LogP contribution in [0.4, 0.5) is 0 Å². The smallest absolute Gasteiger partial charge is 0.330 e. The van der Waals surface area contributed by atoms with Crippen LogP contribution in [0.1, 0.15) is 103 Å². The van der Waals surface area contributed by atoms with E-state index in [0.717, 1.165) is 6.42 Å². The lowest BCUT2D eigenvalue weighted by Gasteiger charge is -2.08. The highest BCUT2D eigenvalue weighted by Crippen LogP contribution is 2.35.